The summed E-state index contributed by atoms with van der Waals surface area (Å²) in [7, 11) is 5.15. The Labute approximate surface area is 147 Å². The van der Waals surface area contributed by atoms with E-state index < -0.39 is 0 Å². The summed E-state index contributed by atoms with van der Waals surface area (Å²) in [6.45, 7) is 3.16. The summed E-state index contributed by atoms with van der Waals surface area (Å²) < 4.78 is 15.7. The zero-order valence-corrected chi connectivity index (χ0v) is 15.0. The minimum atomic E-state index is -0.175. The zero-order valence-electron chi connectivity index (χ0n) is 15.0. The van der Waals surface area contributed by atoms with Crippen LogP contribution in [0.2, 0.25) is 0 Å². The molecule has 134 valence electrons. The minimum absolute atomic E-state index is 0.0758. The van der Waals surface area contributed by atoms with E-state index in [0.29, 0.717) is 24.6 Å². The predicted octanol–water partition coefficient (Wildman–Crippen LogP) is 2.24. The van der Waals surface area contributed by atoms with Crippen LogP contribution in [0.1, 0.15) is 17.7 Å². The van der Waals surface area contributed by atoms with Gasteiger partial charge in [0.2, 0.25) is 5.91 Å². The van der Waals surface area contributed by atoms with E-state index in [2.05, 4.69) is 5.16 Å². The van der Waals surface area contributed by atoms with Crippen LogP contribution in [0.25, 0.3) is 0 Å². The molecule has 3 rings (SSSR count). The van der Waals surface area contributed by atoms with Gasteiger partial charge in [-0.15, -0.1) is 0 Å². The van der Waals surface area contributed by atoms with Crippen molar-refractivity contribution in [2.45, 2.75) is 25.9 Å². The number of aryl methyl sites for hydroxylation is 1. The van der Waals surface area contributed by atoms with E-state index in [1.807, 2.05) is 31.0 Å². The molecule has 0 unspecified atom stereocenters. The van der Waals surface area contributed by atoms with Gasteiger partial charge in [-0.1, -0.05) is 5.16 Å². The Morgan fingerprint density at radius 1 is 1.28 bits per heavy atom. The lowest BCUT2D eigenvalue weighted by Crippen LogP contribution is -2.39. The fourth-order valence-electron chi connectivity index (χ4n) is 3.13. The monoisotopic (exact) mass is 345 g/mol. The van der Waals surface area contributed by atoms with Gasteiger partial charge in [-0.2, -0.15) is 0 Å². The number of likely N-dealkylation sites (N-methyl/N-ethyl adjacent to an activating group) is 1. The lowest BCUT2D eigenvalue weighted by Gasteiger charge is -2.23. The van der Waals surface area contributed by atoms with Crippen molar-refractivity contribution in [3.05, 3.63) is 35.7 Å². The number of methoxy groups -OCH3 is 2. The van der Waals surface area contributed by atoms with Crippen LogP contribution in [0.4, 0.5) is 5.69 Å². The van der Waals surface area contributed by atoms with Gasteiger partial charge in [0.1, 0.15) is 17.3 Å². The van der Waals surface area contributed by atoms with Gasteiger partial charge in [0, 0.05) is 36.9 Å². The molecule has 7 heteroatoms. The van der Waals surface area contributed by atoms with E-state index in [4.69, 9.17) is 14.0 Å². The van der Waals surface area contributed by atoms with E-state index in [9.17, 15) is 4.79 Å². The molecule has 0 N–H and O–H groups in total. The molecule has 0 radical (unpaired) electrons. The Bertz CT molecular complexity index is 736. The highest BCUT2D eigenvalue weighted by molar-refractivity contribution is 5.99. The summed E-state index contributed by atoms with van der Waals surface area (Å²) in [5, 5.41) is 3.80. The Morgan fingerprint density at radius 2 is 1.96 bits per heavy atom. The molecule has 1 atom stereocenters. The van der Waals surface area contributed by atoms with E-state index in [-0.39, 0.29) is 11.9 Å². The van der Waals surface area contributed by atoms with Gasteiger partial charge in [0.05, 0.1) is 32.1 Å². The van der Waals surface area contributed by atoms with Crippen molar-refractivity contribution in [1.82, 2.24) is 10.1 Å². The number of carbonyl (C=O) groups excluding carboxylic acids is 1. The average molecular weight is 345 g/mol. The lowest BCUT2D eigenvalue weighted by molar-refractivity contribution is -0.121. The third kappa shape index (κ3) is 3.46. The molecule has 1 fully saturated rings. The summed E-state index contributed by atoms with van der Waals surface area (Å²) in [5.74, 6) is 2.19. The largest absolute Gasteiger partial charge is 0.497 e. The highest BCUT2D eigenvalue weighted by atomic mass is 16.5. The first-order valence-electron chi connectivity index (χ1n) is 8.18. The van der Waals surface area contributed by atoms with E-state index >= 15 is 0 Å². The summed E-state index contributed by atoms with van der Waals surface area (Å²) in [6, 6.07) is 5.33. The summed E-state index contributed by atoms with van der Waals surface area (Å²) in [4.78, 5) is 16.7. The second-order valence-corrected chi connectivity index (χ2v) is 6.19. The molecule has 1 saturated heterocycles. The molecule has 1 aromatic carbocycles. The van der Waals surface area contributed by atoms with Gasteiger partial charge in [0.15, 0.2) is 0 Å². The van der Waals surface area contributed by atoms with Gasteiger partial charge in [-0.05, 0) is 20.4 Å². The third-order valence-electron chi connectivity index (χ3n) is 4.63. The van der Waals surface area contributed by atoms with Gasteiger partial charge < -0.3 is 18.9 Å². The summed E-state index contributed by atoms with van der Waals surface area (Å²) in [5.41, 5.74) is 1.79. The molecule has 1 amide bonds. The van der Waals surface area contributed by atoms with Crippen molar-refractivity contribution in [3.63, 3.8) is 0 Å². The smallest absolute Gasteiger partial charge is 0.244 e. The number of hydrogen-bond acceptors (Lipinski definition) is 6. The Morgan fingerprint density at radius 3 is 2.52 bits per heavy atom. The van der Waals surface area contributed by atoms with Crippen LogP contribution in [0.5, 0.6) is 11.5 Å². The zero-order chi connectivity index (χ0) is 18.0. The number of aromatic nitrogens is 1. The number of carbonyl (C=O) groups is 1. The lowest BCUT2D eigenvalue weighted by atomic mass is 10.2. The van der Waals surface area contributed by atoms with Crippen molar-refractivity contribution in [1.29, 1.82) is 0 Å². The van der Waals surface area contributed by atoms with Crippen LogP contribution >= 0.6 is 0 Å². The number of hydrogen-bond donors (Lipinski definition) is 0. The number of benzene rings is 1. The average Bonchev–Trinajstić information content (AvgIpc) is 3.20. The third-order valence-corrected chi connectivity index (χ3v) is 4.63. The molecule has 7 nitrogen and oxygen atoms in total. The molecular weight excluding hydrogens is 322 g/mol. The van der Waals surface area contributed by atoms with Crippen LogP contribution in [0, 0.1) is 6.92 Å². The van der Waals surface area contributed by atoms with Gasteiger partial charge in [-0.3, -0.25) is 9.69 Å². The topological polar surface area (TPSA) is 68.0 Å². The molecular formula is C18H23N3O4. The molecule has 0 spiro atoms. The van der Waals surface area contributed by atoms with E-state index in [0.717, 1.165) is 23.4 Å². The number of anilines is 1. The molecule has 0 bridgehead atoms. The molecule has 1 aliphatic heterocycles. The van der Waals surface area contributed by atoms with Crippen LogP contribution in [-0.4, -0.2) is 49.8 Å². The van der Waals surface area contributed by atoms with Gasteiger partial charge in [0.25, 0.3) is 0 Å². The van der Waals surface area contributed by atoms with Crippen molar-refractivity contribution >= 4 is 11.6 Å². The normalized spacial score (nSPS) is 17.4. The fraction of sp³-hybridized carbons (Fsp3) is 0.444. The standard InChI is InChI=1S/C18H23N3O4/c1-12-13(10-19-25-12)11-20(2)17-5-6-21(18(17)22)14-7-15(23-3)9-16(8-14)24-4/h7-10,17H,5-6,11H2,1-4H3/t17-/m0/s1. The van der Waals surface area contributed by atoms with Crippen molar-refractivity contribution in [2.24, 2.45) is 0 Å². The molecule has 2 heterocycles. The second-order valence-electron chi connectivity index (χ2n) is 6.19. The molecule has 25 heavy (non-hydrogen) atoms. The van der Waals surface area contributed by atoms with E-state index in [1.165, 1.54) is 0 Å². The highest BCUT2D eigenvalue weighted by Gasteiger charge is 2.35. The van der Waals surface area contributed by atoms with Gasteiger partial charge in [-0.25, -0.2) is 0 Å². The molecule has 1 aliphatic rings. The molecule has 0 saturated carbocycles. The predicted molar refractivity (Wildman–Crippen MR) is 93.0 cm³/mol. The first-order chi connectivity index (χ1) is 12.0. The molecule has 0 aliphatic carbocycles. The highest BCUT2D eigenvalue weighted by Crippen LogP contribution is 2.32. The van der Waals surface area contributed by atoms with Crippen LogP contribution in [-0.2, 0) is 11.3 Å². The molecule has 2 aromatic rings. The Balaban J connectivity index is 1.76. The Kier molecular flexibility index (Phi) is 4.94. The van der Waals surface area contributed by atoms with Crippen molar-refractivity contribution < 1.29 is 18.8 Å². The fourth-order valence-corrected chi connectivity index (χ4v) is 3.13. The molecule has 1 aromatic heterocycles. The quantitative estimate of drug-likeness (QED) is 0.800. The number of amides is 1. The first-order valence-corrected chi connectivity index (χ1v) is 8.18. The second kappa shape index (κ2) is 7.14. The number of nitrogens with zero attached hydrogens (tertiary/aromatic N) is 3. The van der Waals surface area contributed by atoms with Crippen molar-refractivity contribution in [3.8, 4) is 11.5 Å². The maximum Gasteiger partial charge on any atom is 0.244 e. The summed E-state index contributed by atoms with van der Waals surface area (Å²) in [6.07, 6.45) is 2.47. The SMILES string of the molecule is COc1cc(OC)cc(N2CC[C@H](N(C)Cc3cnoc3C)C2=O)c1. The van der Waals surface area contributed by atoms with Crippen LogP contribution < -0.4 is 14.4 Å². The maximum absolute atomic E-state index is 12.9. The van der Waals surface area contributed by atoms with Crippen LogP contribution in [0.3, 0.4) is 0 Å². The number of rotatable bonds is 6. The minimum Gasteiger partial charge on any atom is -0.497 e. The number of ether oxygens (including phenoxy) is 2. The Hall–Kier alpha value is -2.54. The summed E-state index contributed by atoms with van der Waals surface area (Å²) >= 11 is 0. The van der Waals surface area contributed by atoms with Gasteiger partial charge >= 0.3 is 0 Å². The van der Waals surface area contributed by atoms with Crippen molar-refractivity contribution in [2.75, 3.05) is 32.7 Å². The van der Waals surface area contributed by atoms with Crippen LogP contribution in [0.15, 0.2) is 28.9 Å². The first kappa shape index (κ1) is 17.3. The van der Waals surface area contributed by atoms with E-state index in [1.54, 1.807) is 31.4 Å². The maximum atomic E-state index is 12.9.